The summed E-state index contributed by atoms with van der Waals surface area (Å²) in [5.74, 6) is -1.29. The number of amides is 2. The second kappa shape index (κ2) is 5.58. The van der Waals surface area contributed by atoms with E-state index >= 15 is 0 Å². The molecular formula is C19H21NO4. The molecule has 1 aliphatic carbocycles. The summed E-state index contributed by atoms with van der Waals surface area (Å²) in [7, 11) is 0. The third kappa shape index (κ3) is 2.54. The van der Waals surface area contributed by atoms with E-state index in [1.54, 1.807) is 24.3 Å². The highest BCUT2D eigenvalue weighted by Crippen LogP contribution is 2.59. The van der Waals surface area contributed by atoms with Gasteiger partial charge in [-0.2, -0.15) is 0 Å². The zero-order chi connectivity index (χ0) is 17.6. The fourth-order valence-corrected chi connectivity index (χ4v) is 3.37. The van der Waals surface area contributed by atoms with E-state index in [0.717, 1.165) is 10.5 Å². The minimum Gasteiger partial charge on any atom is -0.443 e. The van der Waals surface area contributed by atoms with Gasteiger partial charge in [0, 0.05) is 0 Å². The number of benzene rings is 1. The predicted molar refractivity (Wildman–Crippen MR) is 88.1 cm³/mol. The van der Waals surface area contributed by atoms with Gasteiger partial charge in [-0.25, -0.2) is 4.90 Å². The van der Waals surface area contributed by atoms with E-state index in [-0.39, 0.29) is 30.0 Å². The summed E-state index contributed by atoms with van der Waals surface area (Å²) in [5.41, 5.74) is 1.71. The first-order chi connectivity index (χ1) is 11.2. The first-order valence-corrected chi connectivity index (χ1v) is 8.02. The Balaban J connectivity index is 1.66. The van der Waals surface area contributed by atoms with Crippen LogP contribution in [0.1, 0.15) is 48.4 Å². The number of hydrogen-bond acceptors (Lipinski definition) is 4. The molecule has 5 nitrogen and oxygen atoms in total. The number of imide groups is 1. The summed E-state index contributed by atoms with van der Waals surface area (Å²) in [6.07, 6.45) is 2.08. The minimum atomic E-state index is -0.417. The van der Waals surface area contributed by atoms with Crippen molar-refractivity contribution in [1.29, 1.82) is 0 Å². The maximum Gasteiger partial charge on any atom is 0.311 e. The van der Waals surface area contributed by atoms with Crippen molar-refractivity contribution in [3.8, 4) is 0 Å². The molecule has 2 atom stereocenters. The molecule has 0 saturated heterocycles. The van der Waals surface area contributed by atoms with Crippen molar-refractivity contribution in [3.63, 3.8) is 0 Å². The number of carbonyl (C=O) groups is 3. The number of hydrogen-bond donors (Lipinski definition) is 0. The highest BCUT2D eigenvalue weighted by molar-refractivity contribution is 6.21. The Hall–Kier alpha value is -2.43. The molecule has 2 unspecified atom stereocenters. The number of nitrogens with zero attached hydrogens (tertiary/aromatic N) is 1. The first-order valence-electron chi connectivity index (χ1n) is 8.02. The Morgan fingerprint density at radius 2 is 1.71 bits per heavy atom. The summed E-state index contributed by atoms with van der Waals surface area (Å²) in [5, 5.41) is 0. The fraction of sp³-hybridized carbons (Fsp3) is 0.421. The minimum absolute atomic E-state index is 0.136. The summed E-state index contributed by atoms with van der Waals surface area (Å²) in [4.78, 5) is 37.8. The molecule has 0 radical (unpaired) electrons. The van der Waals surface area contributed by atoms with Crippen molar-refractivity contribution in [2.24, 2.45) is 17.3 Å². The van der Waals surface area contributed by atoms with E-state index in [2.05, 4.69) is 6.08 Å². The van der Waals surface area contributed by atoms with Crippen molar-refractivity contribution in [2.75, 3.05) is 6.73 Å². The molecule has 0 aromatic heterocycles. The van der Waals surface area contributed by atoms with Crippen molar-refractivity contribution >= 4 is 17.8 Å². The molecule has 1 aliphatic heterocycles. The zero-order valence-electron chi connectivity index (χ0n) is 14.3. The lowest BCUT2D eigenvalue weighted by Crippen LogP contribution is -2.33. The molecule has 1 saturated carbocycles. The topological polar surface area (TPSA) is 63.7 Å². The quantitative estimate of drug-likeness (QED) is 0.484. The first kappa shape index (κ1) is 16.4. The molecule has 126 valence electrons. The maximum absolute atomic E-state index is 12.4. The molecule has 0 bridgehead atoms. The summed E-state index contributed by atoms with van der Waals surface area (Å²) < 4.78 is 5.29. The third-order valence-corrected chi connectivity index (χ3v) is 4.89. The Kier molecular flexibility index (Phi) is 3.82. The van der Waals surface area contributed by atoms with Gasteiger partial charge in [0.05, 0.1) is 17.0 Å². The van der Waals surface area contributed by atoms with Gasteiger partial charge in [-0.1, -0.05) is 37.6 Å². The average Bonchev–Trinajstić information content (AvgIpc) is 2.96. The molecule has 1 aromatic rings. The Bertz CT molecular complexity index is 723. The van der Waals surface area contributed by atoms with E-state index in [4.69, 9.17) is 4.74 Å². The van der Waals surface area contributed by atoms with Crippen LogP contribution in [0.2, 0.25) is 0 Å². The predicted octanol–water partition coefficient (Wildman–Crippen LogP) is 3.02. The summed E-state index contributed by atoms with van der Waals surface area (Å²) in [6, 6.07) is 6.62. The number of rotatable bonds is 4. The smallest absolute Gasteiger partial charge is 0.311 e. The molecule has 2 aliphatic rings. The lowest BCUT2D eigenvalue weighted by molar-refractivity contribution is -0.148. The van der Waals surface area contributed by atoms with Crippen LogP contribution in [0, 0.1) is 17.3 Å². The van der Waals surface area contributed by atoms with E-state index < -0.39 is 11.8 Å². The van der Waals surface area contributed by atoms with Gasteiger partial charge >= 0.3 is 5.97 Å². The van der Waals surface area contributed by atoms with E-state index in [0.29, 0.717) is 11.1 Å². The highest BCUT2D eigenvalue weighted by atomic mass is 16.5. The molecule has 1 heterocycles. The molecule has 3 rings (SSSR count). The molecular weight excluding hydrogens is 306 g/mol. The highest BCUT2D eigenvalue weighted by Gasteiger charge is 2.61. The SMILES string of the molecule is CC(C)=CC1C(C(=O)OCN2C(=O)c3ccccc3C2=O)C1(C)C. The van der Waals surface area contributed by atoms with Crippen LogP contribution >= 0.6 is 0 Å². The molecule has 5 heteroatoms. The largest absolute Gasteiger partial charge is 0.443 e. The third-order valence-electron chi connectivity index (χ3n) is 4.89. The summed E-state index contributed by atoms with van der Waals surface area (Å²) >= 11 is 0. The van der Waals surface area contributed by atoms with Gasteiger partial charge in [-0.15, -0.1) is 0 Å². The Morgan fingerprint density at radius 1 is 1.17 bits per heavy atom. The van der Waals surface area contributed by atoms with Gasteiger partial charge in [-0.3, -0.25) is 14.4 Å². The number of carbonyl (C=O) groups excluding carboxylic acids is 3. The van der Waals surface area contributed by atoms with E-state index in [9.17, 15) is 14.4 Å². The second-order valence-corrected chi connectivity index (χ2v) is 7.25. The fourth-order valence-electron chi connectivity index (χ4n) is 3.37. The van der Waals surface area contributed by atoms with Crippen LogP contribution in [-0.4, -0.2) is 29.4 Å². The molecule has 2 amide bonds. The number of fused-ring (bicyclic) bond motifs is 1. The van der Waals surface area contributed by atoms with Crippen LogP contribution in [0.15, 0.2) is 35.9 Å². The van der Waals surface area contributed by atoms with Gasteiger partial charge in [-0.05, 0) is 37.3 Å². The normalized spacial score (nSPS) is 23.8. The second-order valence-electron chi connectivity index (χ2n) is 7.25. The van der Waals surface area contributed by atoms with Crippen LogP contribution in [0.5, 0.6) is 0 Å². The molecule has 1 fully saturated rings. The van der Waals surface area contributed by atoms with Crippen LogP contribution in [-0.2, 0) is 9.53 Å². The van der Waals surface area contributed by atoms with Crippen molar-refractivity contribution < 1.29 is 19.1 Å². The maximum atomic E-state index is 12.4. The van der Waals surface area contributed by atoms with Gasteiger partial charge < -0.3 is 4.74 Å². The number of ether oxygens (including phenoxy) is 1. The number of esters is 1. The van der Waals surface area contributed by atoms with Crippen LogP contribution < -0.4 is 0 Å². The van der Waals surface area contributed by atoms with Crippen molar-refractivity contribution in [2.45, 2.75) is 27.7 Å². The van der Waals surface area contributed by atoms with Gasteiger partial charge in [0.2, 0.25) is 0 Å². The molecule has 0 spiro atoms. The molecule has 0 N–H and O–H groups in total. The summed E-state index contributed by atoms with van der Waals surface area (Å²) in [6.45, 7) is 7.69. The van der Waals surface area contributed by atoms with Gasteiger partial charge in [0.1, 0.15) is 0 Å². The van der Waals surface area contributed by atoms with Gasteiger partial charge in [0.25, 0.3) is 11.8 Å². The van der Waals surface area contributed by atoms with Crippen molar-refractivity contribution in [1.82, 2.24) is 4.90 Å². The van der Waals surface area contributed by atoms with E-state index in [1.165, 1.54) is 0 Å². The van der Waals surface area contributed by atoms with Crippen LogP contribution in [0.3, 0.4) is 0 Å². The standard InChI is InChI=1S/C19H21NO4/c1-11(2)9-14-15(19(14,3)4)18(23)24-10-20-16(21)12-7-5-6-8-13(12)17(20)22/h5-9,14-15H,10H2,1-4H3. The monoisotopic (exact) mass is 327 g/mol. The zero-order valence-corrected chi connectivity index (χ0v) is 14.3. The van der Waals surface area contributed by atoms with Gasteiger partial charge in [0.15, 0.2) is 6.73 Å². The lowest BCUT2D eigenvalue weighted by atomic mass is 10.1. The lowest BCUT2D eigenvalue weighted by Gasteiger charge is -2.14. The van der Waals surface area contributed by atoms with Crippen LogP contribution in [0.4, 0.5) is 0 Å². The van der Waals surface area contributed by atoms with E-state index in [1.807, 2.05) is 27.7 Å². The molecule has 24 heavy (non-hydrogen) atoms. The van der Waals surface area contributed by atoms with Crippen LogP contribution in [0.25, 0.3) is 0 Å². The number of allylic oxidation sites excluding steroid dienone is 2. The average molecular weight is 327 g/mol. The van der Waals surface area contributed by atoms with Crippen molar-refractivity contribution in [3.05, 3.63) is 47.0 Å². The Labute approximate surface area is 141 Å². The Morgan fingerprint density at radius 3 is 2.21 bits per heavy atom. The molecule has 1 aromatic carbocycles.